The van der Waals surface area contributed by atoms with E-state index >= 15 is 0 Å². The smallest absolute Gasteiger partial charge is 0.272 e. The van der Waals surface area contributed by atoms with Gasteiger partial charge in [0.15, 0.2) is 0 Å². The summed E-state index contributed by atoms with van der Waals surface area (Å²) in [6.45, 7) is 3.66. The molecular formula is C15H19N3O3S2. The molecule has 124 valence electrons. The first-order valence-corrected chi connectivity index (χ1v) is 9.04. The van der Waals surface area contributed by atoms with Crippen molar-refractivity contribution in [3.8, 4) is 5.75 Å². The summed E-state index contributed by atoms with van der Waals surface area (Å²) in [5.41, 5.74) is 1.41. The molecule has 1 aromatic heterocycles. The largest absolute Gasteiger partial charge is 0.470 e. The van der Waals surface area contributed by atoms with Crippen molar-refractivity contribution in [2.75, 3.05) is 13.4 Å². The molecule has 0 aliphatic carbocycles. The second kappa shape index (κ2) is 7.65. The molecule has 0 bridgehead atoms. The van der Waals surface area contributed by atoms with Gasteiger partial charge in [-0.3, -0.25) is 4.79 Å². The van der Waals surface area contributed by atoms with Gasteiger partial charge < -0.3 is 14.9 Å². The first-order valence-electron chi connectivity index (χ1n) is 6.87. The number of thioether (sulfide) groups is 1. The van der Waals surface area contributed by atoms with Gasteiger partial charge in [0, 0.05) is 0 Å². The maximum atomic E-state index is 12.4. The number of carbonyl (C=O) groups excluding carboxylic acids is 1. The lowest BCUT2D eigenvalue weighted by Gasteiger charge is -2.24. The molecule has 1 unspecified atom stereocenters. The zero-order valence-corrected chi connectivity index (χ0v) is 15.0. The van der Waals surface area contributed by atoms with Gasteiger partial charge >= 0.3 is 0 Å². The summed E-state index contributed by atoms with van der Waals surface area (Å²) in [6, 6.07) is 5.59. The molecule has 2 rings (SSSR count). The van der Waals surface area contributed by atoms with Gasteiger partial charge in [-0.1, -0.05) is 5.16 Å². The number of amides is 1. The van der Waals surface area contributed by atoms with Crippen LogP contribution in [0.3, 0.4) is 0 Å². The number of fused-ring (bicyclic) bond motifs is 1. The van der Waals surface area contributed by atoms with E-state index in [9.17, 15) is 4.79 Å². The van der Waals surface area contributed by atoms with Crippen LogP contribution in [0.25, 0.3) is 10.2 Å². The van der Waals surface area contributed by atoms with Crippen LogP contribution in [0.2, 0.25) is 0 Å². The number of nitrogens with zero attached hydrogens (tertiary/aromatic N) is 2. The third-order valence-electron chi connectivity index (χ3n) is 2.90. The number of benzene rings is 1. The van der Waals surface area contributed by atoms with Gasteiger partial charge in [0.25, 0.3) is 5.91 Å². The molecule has 1 heterocycles. The molecule has 1 amide bonds. The van der Waals surface area contributed by atoms with Crippen LogP contribution >= 0.6 is 23.1 Å². The van der Waals surface area contributed by atoms with Crippen LogP contribution in [0.5, 0.6) is 5.75 Å². The Bertz CT molecular complexity index is 700. The molecule has 0 spiro atoms. The standard InChI is InChI=1S/C15H19N3O3S2/c1-15(2,8-17-20-3)18-13(19)14(22-4)21-10-5-6-11-12(7-10)23-9-16-11/h5-9,14H,1-4H3,(H,18,19). The Labute approximate surface area is 143 Å². The first kappa shape index (κ1) is 17.6. The molecule has 0 aliphatic rings. The fourth-order valence-corrected chi connectivity index (χ4v) is 3.02. The Morgan fingerprint density at radius 1 is 1.52 bits per heavy atom. The highest BCUT2D eigenvalue weighted by Gasteiger charge is 2.26. The van der Waals surface area contributed by atoms with Crippen molar-refractivity contribution in [1.82, 2.24) is 10.3 Å². The van der Waals surface area contributed by atoms with Crippen molar-refractivity contribution < 1.29 is 14.4 Å². The van der Waals surface area contributed by atoms with E-state index in [-0.39, 0.29) is 5.91 Å². The van der Waals surface area contributed by atoms with Crippen LogP contribution in [0.4, 0.5) is 0 Å². The Hall–Kier alpha value is -1.80. The van der Waals surface area contributed by atoms with Gasteiger partial charge in [0.05, 0.1) is 27.5 Å². The van der Waals surface area contributed by atoms with E-state index in [0.29, 0.717) is 5.75 Å². The number of carbonyl (C=O) groups is 1. The number of hydrogen-bond acceptors (Lipinski definition) is 7. The van der Waals surface area contributed by atoms with Crippen molar-refractivity contribution in [2.24, 2.45) is 5.16 Å². The topological polar surface area (TPSA) is 72.8 Å². The van der Waals surface area contributed by atoms with Gasteiger partial charge in [-0.2, -0.15) is 0 Å². The van der Waals surface area contributed by atoms with Crippen LogP contribution in [-0.4, -0.2) is 41.4 Å². The molecule has 0 radical (unpaired) electrons. The van der Waals surface area contributed by atoms with Gasteiger partial charge in [-0.15, -0.1) is 23.1 Å². The van der Waals surface area contributed by atoms with Crippen LogP contribution in [0, 0.1) is 0 Å². The molecule has 1 aromatic carbocycles. The molecule has 8 heteroatoms. The second-order valence-corrected chi connectivity index (χ2v) is 7.08. The quantitative estimate of drug-likeness (QED) is 0.471. The number of rotatable bonds is 7. The summed E-state index contributed by atoms with van der Waals surface area (Å²) in [5, 5.41) is 6.57. The van der Waals surface area contributed by atoms with Gasteiger partial charge in [0.2, 0.25) is 5.44 Å². The van der Waals surface area contributed by atoms with E-state index in [1.165, 1.54) is 36.4 Å². The average Bonchev–Trinajstić information content (AvgIpc) is 2.97. The fraction of sp³-hybridized carbons (Fsp3) is 0.400. The van der Waals surface area contributed by atoms with Crippen molar-refractivity contribution in [1.29, 1.82) is 0 Å². The first-order chi connectivity index (χ1) is 10.9. The number of nitrogens with one attached hydrogen (secondary N) is 1. The van der Waals surface area contributed by atoms with Crippen molar-refractivity contribution in [3.05, 3.63) is 23.7 Å². The molecule has 23 heavy (non-hydrogen) atoms. The average molecular weight is 353 g/mol. The van der Waals surface area contributed by atoms with Gasteiger partial charge in [0.1, 0.15) is 12.9 Å². The minimum atomic E-state index is -0.657. The summed E-state index contributed by atoms with van der Waals surface area (Å²) >= 11 is 2.86. The Morgan fingerprint density at radius 2 is 2.30 bits per heavy atom. The Kier molecular flexibility index (Phi) is 5.84. The van der Waals surface area contributed by atoms with Crippen LogP contribution in [0.15, 0.2) is 28.9 Å². The van der Waals surface area contributed by atoms with Crippen LogP contribution in [-0.2, 0) is 9.63 Å². The maximum Gasteiger partial charge on any atom is 0.272 e. The van der Waals surface area contributed by atoms with E-state index in [0.717, 1.165) is 10.2 Å². The monoisotopic (exact) mass is 353 g/mol. The van der Waals surface area contributed by atoms with E-state index in [2.05, 4.69) is 20.3 Å². The molecule has 6 nitrogen and oxygen atoms in total. The van der Waals surface area contributed by atoms with Crippen LogP contribution in [0.1, 0.15) is 13.8 Å². The van der Waals surface area contributed by atoms with E-state index in [1.54, 1.807) is 5.51 Å². The maximum absolute atomic E-state index is 12.4. The Morgan fingerprint density at radius 3 is 3.00 bits per heavy atom. The van der Waals surface area contributed by atoms with Crippen molar-refractivity contribution in [2.45, 2.75) is 24.8 Å². The predicted molar refractivity (Wildman–Crippen MR) is 95.3 cm³/mol. The third-order valence-corrected chi connectivity index (χ3v) is 4.43. The predicted octanol–water partition coefficient (Wildman–Crippen LogP) is 2.89. The molecular weight excluding hydrogens is 334 g/mol. The molecule has 0 saturated heterocycles. The highest BCUT2D eigenvalue weighted by molar-refractivity contribution is 7.99. The van der Waals surface area contributed by atoms with E-state index in [4.69, 9.17) is 4.74 Å². The highest BCUT2D eigenvalue weighted by Crippen LogP contribution is 2.25. The zero-order chi connectivity index (χ0) is 16.9. The number of oxime groups is 1. The number of hydrogen-bond donors (Lipinski definition) is 1. The highest BCUT2D eigenvalue weighted by atomic mass is 32.2. The van der Waals surface area contributed by atoms with Crippen LogP contribution < -0.4 is 10.1 Å². The summed E-state index contributed by atoms with van der Waals surface area (Å²) in [6.07, 6.45) is 3.36. The molecule has 1 N–H and O–H groups in total. The summed E-state index contributed by atoms with van der Waals surface area (Å²) < 4.78 is 6.83. The van der Waals surface area contributed by atoms with Crippen molar-refractivity contribution >= 4 is 45.4 Å². The fourth-order valence-electron chi connectivity index (χ4n) is 1.83. The SMILES string of the molecule is CON=CC(C)(C)NC(=O)C(Oc1ccc2ncsc2c1)SC. The number of thiazole rings is 1. The normalized spacial score (nSPS) is 13.2. The Balaban J connectivity index is 2.06. The lowest BCUT2D eigenvalue weighted by atomic mass is 10.1. The summed E-state index contributed by atoms with van der Waals surface area (Å²) in [5.74, 6) is 0.411. The number of ether oxygens (including phenoxy) is 1. The minimum absolute atomic E-state index is 0.227. The minimum Gasteiger partial charge on any atom is -0.470 e. The summed E-state index contributed by atoms with van der Waals surface area (Å²) in [4.78, 5) is 21.3. The van der Waals surface area contributed by atoms with E-state index in [1.807, 2.05) is 38.3 Å². The van der Waals surface area contributed by atoms with Gasteiger partial charge in [-0.05, 0) is 38.3 Å². The molecule has 0 fully saturated rings. The molecule has 0 aliphatic heterocycles. The lowest BCUT2D eigenvalue weighted by molar-refractivity contribution is -0.125. The lowest BCUT2D eigenvalue weighted by Crippen LogP contribution is -2.49. The van der Waals surface area contributed by atoms with Crippen molar-refractivity contribution in [3.63, 3.8) is 0 Å². The second-order valence-electron chi connectivity index (χ2n) is 5.30. The number of aromatic nitrogens is 1. The molecule has 1 atom stereocenters. The van der Waals surface area contributed by atoms with Gasteiger partial charge in [-0.25, -0.2) is 4.98 Å². The molecule has 0 saturated carbocycles. The molecule has 2 aromatic rings. The summed E-state index contributed by atoms with van der Waals surface area (Å²) in [7, 11) is 1.46. The zero-order valence-electron chi connectivity index (χ0n) is 13.4. The van der Waals surface area contributed by atoms with E-state index < -0.39 is 11.0 Å². The third kappa shape index (κ3) is 4.84.